The van der Waals surface area contributed by atoms with Crippen molar-refractivity contribution in [2.75, 3.05) is 0 Å². The van der Waals surface area contributed by atoms with E-state index >= 15 is 0 Å². The van der Waals surface area contributed by atoms with Crippen LogP contribution in [0, 0.1) is 46.9 Å². The second-order valence-corrected chi connectivity index (χ2v) is 0. The molecule has 0 bridgehead atoms. The van der Waals surface area contributed by atoms with Crippen LogP contribution in [0.5, 0.6) is 0 Å². The second-order valence-electron chi connectivity index (χ2n) is 0. The molecule has 0 radical (unpaired) electrons. The molecule has 0 amide bonds. The monoisotopic (exact) mass is 280 g/mol. The van der Waals surface area contributed by atoms with Crippen LogP contribution in [0.2, 0.25) is 0 Å². The van der Waals surface area contributed by atoms with Gasteiger partial charge in [-0.05, 0) is 0 Å². The Balaban J connectivity index is -0.00000000500. The minimum atomic E-state index is 0. The van der Waals surface area contributed by atoms with Gasteiger partial charge in [-0.1, -0.05) is 0 Å². The van der Waals surface area contributed by atoms with Crippen LogP contribution in [0.1, 0.15) is 0 Å². The molecule has 36 valence electrons. The van der Waals surface area contributed by atoms with E-state index in [1.54, 1.807) is 0 Å². The molecule has 0 fully saturated rings. The molecule has 0 aliphatic carbocycles. The SMILES string of the molecule is O=S.[Ni].[Yb]. The minimum absolute atomic E-state index is 0. The molecule has 0 saturated heterocycles. The third kappa shape index (κ3) is 8.98. The maximum absolute atomic E-state index is 7.83. The van der Waals surface area contributed by atoms with Crippen molar-refractivity contribution < 1.29 is 67.6 Å². The van der Waals surface area contributed by atoms with Gasteiger partial charge in [0.25, 0.3) is 0 Å². The van der Waals surface area contributed by atoms with Crippen molar-refractivity contribution in [1.82, 2.24) is 0 Å². The van der Waals surface area contributed by atoms with Crippen LogP contribution >= 0.6 is 0 Å². The van der Waals surface area contributed by atoms with Gasteiger partial charge in [0.05, 0.1) is 0 Å². The topological polar surface area (TPSA) is 17.1 Å². The van der Waals surface area contributed by atoms with Crippen LogP contribution in [0.25, 0.3) is 0 Å². The summed E-state index contributed by atoms with van der Waals surface area (Å²) < 4.78 is 7.83. The first kappa shape index (κ1) is 16.6. The average Bonchev–Trinajstić information content (AvgIpc) is 1.00. The standard InChI is InChI=1S/Ni.OS.Yb/c;1-2;. The second kappa shape index (κ2) is 19.8. The molecule has 0 heterocycles. The van der Waals surface area contributed by atoms with Crippen molar-refractivity contribution in [2.24, 2.45) is 0 Å². The fourth-order valence-electron chi connectivity index (χ4n) is 0. The van der Waals surface area contributed by atoms with Crippen molar-refractivity contribution >= 4 is 12.5 Å². The molecule has 0 atom stereocenters. The molecule has 4 heteroatoms. The van der Waals surface area contributed by atoms with Crippen LogP contribution in [-0.4, -0.2) is 4.21 Å². The largest absolute Gasteiger partial charge is 0.197 e. The molecular weight excluding hydrogens is 280 g/mol. The molecule has 0 spiro atoms. The first-order valence-electron chi connectivity index (χ1n) is 0.167. The molecule has 0 unspecified atom stereocenters. The van der Waals surface area contributed by atoms with E-state index in [0.29, 0.717) is 0 Å². The first-order chi connectivity index (χ1) is 1.00. The third-order valence-electron chi connectivity index (χ3n) is 0. The smallest absolute Gasteiger partial charge is 0.197 e. The van der Waals surface area contributed by atoms with E-state index in [0.717, 1.165) is 0 Å². The molecule has 0 aromatic carbocycles. The summed E-state index contributed by atoms with van der Waals surface area (Å²) in [7, 11) is 0. The fourth-order valence-corrected chi connectivity index (χ4v) is 0. The van der Waals surface area contributed by atoms with Crippen molar-refractivity contribution in [2.45, 2.75) is 0 Å². The molecule has 0 aliphatic rings. The van der Waals surface area contributed by atoms with Crippen LogP contribution < -0.4 is 0 Å². The minimum Gasteiger partial charge on any atom is -0.197 e. The number of rotatable bonds is 0. The van der Waals surface area contributed by atoms with E-state index in [4.69, 9.17) is 4.21 Å². The maximum Gasteiger partial charge on any atom is 0.197 e. The van der Waals surface area contributed by atoms with Crippen molar-refractivity contribution in [3.05, 3.63) is 0 Å². The van der Waals surface area contributed by atoms with E-state index in [2.05, 4.69) is 12.5 Å². The van der Waals surface area contributed by atoms with E-state index in [1.807, 2.05) is 0 Å². The Kier molecular flexibility index (Phi) is 82.3. The zero-order chi connectivity index (χ0) is 2.00. The van der Waals surface area contributed by atoms with Gasteiger partial charge in [-0.3, -0.25) is 0 Å². The van der Waals surface area contributed by atoms with Gasteiger partial charge in [0, 0.05) is 63.4 Å². The molecule has 0 aliphatic heterocycles. The molecule has 4 heavy (non-hydrogen) atoms. The van der Waals surface area contributed by atoms with Crippen LogP contribution in [-0.2, 0) is 29.0 Å². The summed E-state index contributed by atoms with van der Waals surface area (Å²) in [6, 6.07) is 0. The average molecular weight is 280 g/mol. The molecule has 0 aromatic rings. The van der Waals surface area contributed by atoms with E-state index in [9.17, 15) is 0 Å². The van der Waals surface area contributed by atoms with Gasteiger partial charge in [0.1, 0.15) is 0 Å². The Bertz CT molecular complexity index is 8.00. The summed E-state index contributed by atoms with van der Waals surface area (Å²) in [5.74, 6) is 0. The summed E-state index contributed by atoms with van der Waals surface area (Å²) in [6.45, 7) is 0. The molecule has 0 N–H and O–H groups in total. The van der Waals surface area contributed by atoms with Crippen LogP contribution in [0.3, 0.4) is 0 Å². The van der Waals surface area contributed by atoms with E-state index in [-0.39, 0.29) is 63.4 Å². The summed E-state index contributed by atoms with van der Waals surface area (Å²) in [5, 5.41) is 0. The summed E-state index contributed by atoms with van der Waals surface area (Å²) in [4.78, 5) is 0. The third-order valence-corrected chi connectivity index (χ3v) is 0. The van der Waals surface area contributed by atoms with E-state index < -0.39 is 0 Å². The number of hydrogen-bond donors (Lipinski definition) is 0. The zero-order valence-corrected chi connectivity index (χ0v) is 4.92. The van der Waals surface area contributed by atoms with Crippen LogP contribution in [0.4, 0.5) is 0 Å². The summed E-state index contributed by atoms with van der Waals surface area (Å²) >= 11 is 2.83. The Morgan fingerprint density at radius 1 is 1.25 bits per heavy atom. The Morgan fingerprint density at radius 3 is 1.25 bits per heavy atom. The Labute approximate surface area is 78.6 Å². The van der Waals surface area contributed by atoms with Crippen molar-refractivity contribution in [3.8, 4) is 0 Å². The summed E-state index contributed by atoms with van der Waals surface area (Å²) in [5.41, 5.74) is 0. The maximum atomic E-state index is 7.83. The predicted molar refractivity (Wildman–Crippen MR) is 8.14 cm³/mol. The van der Waals surface area contributed by atoms with Gasteiger partial charge >= 0.3 is 0 Å². The van der Waals surface area contributed by atoms with Crippen LogP contribution in [0.15, 0.2) is 0 Å². The zero-order valence-electron chi connectivity index (χ0n) is 1.40. The molecule has 0 rings (SSSR count). The molecule has 1 nitrogen and oxygen atoms in total. The molecule has 0 aromatic heterocycles. The molecule has 0 saturated carbocycles. The Hall–Kier alpha value is 2.03. The van der Waals surface area contributed by atoms with Crippen molar-refractivity contribution in [1.29, 1.82) is 0 Å². The van der Waals surface area contributed by atoms with Gasteiger partial charge in [-0.25, -0.2) is 0 Å². The summed E-state index contributed by atoms with van der Waals surface area (Å²) in [6.07, 6.45) is 0. The van der Waals surface area contributed by atoms with Gasteiger partial charge in [-0.2, -0.15) is 4.21 Å². The van der Waals surface area contributed by atoms with Gasteiger partial charge < -0.3 is 0 Å². The van der Waals surface area contributed by atoms with Crippen molar-refractivity contribution in [3.63, 3.8) is 0 Å². The predicted octanol–water partition coefficient (Wildman–Crippen LogP) is -0.339. The normalized spacial score (nSPS) is 1.00. The Morgan fingerprint density at radius 2 is 1.25 bits per heavy atom. The van der Waals surface area contributed by atoms with E-state index in [1.165, 1.54) is 0 Å². The first-order valence-corrected chi connectivity index (χ1v) is 0.500. The fraction of sp³-hybridized carbons (Fsp3) is 0. The quantitative estimate of drug-likeness (QED) is 0.565. The molecular formula is NiOSYb. The van der Waals surface area contributed by atoms with Gasteiger partial charge in [0.2, 0.25) is 0 Å². The van der Waals surface area contributed by atoms with Gasteiger partial charge in [-0.15, -0.1) is 0 Å². The van der Waals surface area contributed by atoms with Gasteiger partial charge in [0.15, 0.2) is 12.5 Å². The number of hydrogen-bond acceptors (Lipinski definition) is 2.